The van der Waals surface area contributed by atoms with Crippen molar-refractivity contribution < 1.29 is 4.74 Å². The fourth-order valence-corrected chi connectivity index (χ4v) is 1.89. The Morgan fingerprint density at radius 1 is 1.32 bits per heavy atom. The van der Waals surface area contributed by atoms with E-state index in [0.29, 0.717) is 18.0 Å². The van der Waals surface area contributed by atoms with Crippen molar-refractivity contribution in [2.45, 2.75) is 26.5 Å². The van der Waals surface area contributed by atoms with Gasteiger partial charge in [0.1, 0.15) is 12.4 Å². The molecule has 0 radical (unpaired) electrons. The van der Waals surface area contributed by atoms with Gasteiger partial charge in [-0.3, -0.25) is 4.68 Å². The highest BCUT2D eigenvalue weighted by Crippen LogP contribution is 2.14. The lowest BCUT2D eigenvalue weighted by atomic mass is 10.1. The van der Waals surface area contributed by atoms with Crippen molar-refractivity contribution in [2.75, 3.05) is 0 Å². The Hall–Kier alpha value is -1.88. The highest BCUT2D eigenvalue weighted by Gasteiger charge is 2.00. The summed E-state index contributed by atoms with van der Waals surface area (Å²) in [5.74, 6) is 0.830. The number of rotatable bonds is 6. The van der Waals surface area contributed by atoms with Crippen LogP contribution in [0, 0.1) is 0 Å². The fourth-order valence-electron chi connectivity index (χ4n) is 1.73. The first-order valence-electron chi connectivity index (χ1n) is 6.18. The SMILES string of the molecule is CCn1cc(COc2ccc(CC(N)=S)cc2)cn1. The number of thiocarbonyl (C=S) groups is 1. The summed E-state index contributed by atoms with van der Waals surface area (Å²) in [6.07, 6.45) is 4.44. The lowest BCUT2D eigenvalue weighted by Crippen LogP contribution is -2.10. The molecule has 0 saturated carbocycles. The molecule has 0 amide bonds. The first-order chi connectivity index (χ1) is 9.17. The molecule has 4 nitrogen and oxygen atoms in total. The van der Waals surface area contributed by atoms with Crippen molar-refractivity contribution in [2.24, 2.45) is 5.73 Å². The number of benzene rings is 1. The van der Waals surface area contributed by atoms with E-state index in [1.54, 1.807) is 0 Å². The predicted octanol–water partition coefficient (Wildman–Crippen LogP) is 2.31. The Morgan fingerprint density at radius 3 is 2.63 bits per heavy atom. The Morgan fingerprint density at radius 2 is 2.05 bits per heavy atom. The molecular weight excluding hydrogens is 258 g/mol. The zero-order chi connectivity index (χ0) is 13.7. The summed E-state index contributed by atoms with van der Waals surface area (Å²) in [4.78, 5) is 0.501. The van der Waals surface area contributed by atoms with Gasteiger partial charge in [0, 0.05) is 24.7 Å². The van der Waals surface area contributed by atoms with Gasteiger partial charge in [0.15, 0.2) is 0 Å². The predicted molar refractivity (Wildman–Crippen MR) is 79.2 cm³/mol. The van der Waals surface area contributed by atoms with Gasteiger partial charge in [0.25, 0.3) is 0 Å². The number of aryl methyl sites for hydroxylation is 1. The largest absolute Gasteiger partial charge is 0.489 e. The molecular formula is C14H17N3OS. The molecule has 1 aromatic carbocycles. The summed E-state index contributed by atoms with van der Waals surface area (Å²) < 4.78 is 7.57. The minimum atomic E-state index is 0.501. The Kier molecular flexibility index (Phi) is 4.52. The second kappa shape index (κ2) is 6.33. The van der Waals surface area contributed by atoms with Crippen LogP contribution in [0.3, 0.4) is 0 Å². The van der Waals surface area contributed by atoms with Crippen LogP contribution in [0.2, 0.25) is 0 Å². The summed E-state index contributed by atoms with van der Waals surface area (Å²) in [7, 11) is 0. The maximum Gasteiger partial charge on any atom is 0.119 e. The monoisotopic (exact) mass is 275 g/mol. The van der Waals surface area contributed by atoms with Crippen LogP contribution in [-0.4, -0.2) is 14.8 Å². The molecule has 5 heteroatoms. The van der Waals surface area contributed by atoms with Crippen molar-refractivity contribution in [1.29, 1.82) is 0 Å². The van der Waals surface area contributed by atoms with Gasteiger partial charge in [-0.05, 0) is 24.6 Å². The molecule has 0 spiro atoms. The minimum absolute atomic E-state index is 0.501. The molecule has 0 fully saturated rings. The molecule has 2 N–H and O–H groups in total. The molecule has 0 bridgehead atoms. The third-order valence-electron chi connectivity index (χ3n) is 2.72. The minimum Gasteiger partial charge on any atom is -0.489 e. The second-order valence-corrected chi connectivity index (χ2v) is 4.80. The van der Waals surface area contributed by atoms with Gasteiger partial charge in [-0.2, -0.15) is 5.10 Å². The van der Waals surface area contributed by atoms with E-state index in [1.165, 1.54) is 0 Å². The Labute approximate surface area is 118 Å². The number of nitrogens with two attached hydrogens (primary N) is 1. The molecule has 1 heterocycles. The highest BCUT2D eigenvalue weighted by atomic mass is 32.1. The molecule has 2 aromatic rings. The number of ether oxygens (including phenoxy) is 1. The van der Waals surface area contributed by atoms with Crippen LogP contribution in [0.5, 0.6) is 5.75 Å². The molecule has 0 aliphatic carbocycles. The third-order valence-corrected chi connectivity index (χ3v) is 2.86. The number of nitrogens with zero attached hydrogens (tertiary/aromatic N) is 2. The van der Waals surface area contributed by atoms with Gasteiger partial charge < -0.3 is 10.5 Å². The molecule has 100 valence electrons. The molecule has 0 aliphatic rings. The van der Waals surface area contributed by atoms with Gasteiger partial charge in [-0.15, -0.1) is 0 Å². The second-order valence-electron chi connectivity index (χ2n) is 4.28. The van der Waals surface area contributed by atoms with Crippen molar-refractivity contribution in [3.05, 3.63) is 47.8 Å². The van der Waals surface area contributed by atoms with Crippen LogP contribution in [0.15, 0.2) is 36.7 Å². The van der Waals surface area contributed by atoms with E-state index in [2.05, 4.69) is 12.0 Å². The maximum absolute atomic E-state index is 5.69. The van der Waals surface area contributed by atoms with Gasteiger partial charge >= 0.3 is 0 Å². The van der Waals surface area contributed by atoms with E-state index >= 15 is 0 Å². The zero-order valence-electron chi connectivity index (χ0n) is 10.9. The van der Waals surface area contributed by atoms with E-state index in [-0.39, 0.29) is 0 Å². The van der Waals surface area contributed by atoms with Gasteiger partial charge in [0.2, 0.25) is 0 Å². The summed E-state index contributed by atoms with van der Waals surface area (Å²) in [5, 5.41) is 4.20. The van der Waals surface area contributed by atoms with Gasteiger partial charge in [-0.25, -0.2) is 0 Å². The molecule has 19 heavy (non-hydrogen) atoms. The first-order valence-corrected chi connectivity index (χ1v) is 6.59. The van der Waals surface area contributed by atoms with Crippen LogP contribution in [0.1, 0.15) is 18.1 Å². The van der Waals surface area contributed by atoms with Crippen molar-refractivity contribution >= 4 is 17.2 Å². The summed E-state index contributed by atoms with van der Waals surface area (Å²) in [6, 6.07) is 7.81. The highest BCUT2D eigenvalue weighted by molar-refractivity contribution is 7.80. The van der Waals surface area contributed by atoms with Gasteiger partial charge in [-0.1, -0.05) is 24.4 Å². The summed E-state index contributed by atoms with van der Waals surface area (Å²) in [6.45, 7) is 3.45. The van der Waals surface area contributed by atoms with Crippen LogP contribution in [-0.2, 0) is 19.6 Å². The quantitative estimate of drug-likeness (QED) is 0.822. The van der Waals surface area contributed by atoms with Crippen molar-refractivity contribution in [3.63, 3.8) is 0 Å². The van der Waals surface area contributed by atoms with E-state index in [0.717, 1.165) is 23.4 Å². The third kappa shape index (κ3) is 4.06. The lowest BCUT2D eigenvalue weighted by Gasteiger charge is -2.05. The van der Waals surface area contributed by atoms with Crippen molar-refractivity contribution in [1.82, 2.24) is 9.78 Å². The van der Waals surface area contributed by atoms with E-state index in [1.807, 2.05) is 41.3 Å². The average molecular weight is 275 g/mol. The normalized spacial score (nSPS) is 10.4. The van der Waals surface area contributed by atoms with Crippen LogP contribution in [0.4, 0.5) is 0 Å². The average Bonchev–Trinajstić information content (AvgIpc) is 2.85. The van der Waals surface area contributed by atoms with Gasteiger partial charge in [0.05, 0.1) is 11.2 Å². The Balaban J connectivity index is 1.90. The van der Waals surface area contributed by atoms with Crippen LogP contribution < -0.4 is 10.5 Å². The van der Waals surface area contributed by atoms with E-state index in [9.17, 15) is 0 Å². The summed E-state index contributed by atoms with van der Waals surface area (Å²) >= 11 is 4.88. The number of aromatic nitrogens is 2. The standard InChI is InChI=1S/C14H17N3OS/c1-2-17-9-12(8-16-17)10-18-13-5-3-11(4-6-13)7-14(15)19/h3-6,8-9H,2,7,10H2,1H3,(H2,15,19). The lowest BCUT2D eigenvalue weighted by molar-refractivity contribution is 0.306. The summed E-state index contributed by atoms with van der Waals surface area (Å²) in [5.41, 5.74) is 7.66. The van der Waals surface area contributed by atoms with Crippen LogP contribution in [0.25, 0.3) is 0 Å². The number of hydrogen-bond donors (Lipinski definition) is 1. The van der Waals surface area contributed by atoms with Crippen molar-refractivity contribution in [3.8, 4) is 5.75 Å². The molecule has 0 aliphatic heterocycles. The molecule has 0 saturated heterocycles. The van der Waals surface area contributed by atoms with E-state index in [4.69, 9.17) is 22.7 Å². The molecule has 1 aromatic heterocycles. The zero-order valence-corrected chi connectivity index (χ0v) is 11.7. The molecule has 0 atom stereocenters. The number of hydrogen-bond acceptors (Lipinski definition) is 3. The Bertz CT molecular complexity index is 548. The van der Waals surface area contributed by atoms with E-state index < -0.39 is 0 Å². The first kappa shape index (κ1) is 13.5. The smallest absolute Gasteiger partial charge is 0.119 e. The topological polar surface area (TPSA) is 53.1 Å². The molecule has 0 unspecified atom stereocenters. The van der Waals surface area contributed by atoms with Crippen LogP contribution >= 0.6 is 12.2 Å². The maximum atomic E-state index is 5.69. The fraction of sp³-hybridized carbons (Fsp3) is 0.286. The molecule has 2 rings (SSSR count).